The van der Waals surface area contributed by atoms with Gasteiger partial charge in [0.05, 0.1) is 24.9 Å². The zero-order valence-corrected chi connectivity index (χ0v) is 16.9. The molecule has 4 rings (SSSR count). The van der Waals surface area contributed by atoms with Crippen LogP contribution in [0.3, 0.4) is 0 Å². The smallest absolute Gasteiger partial charge is 0.227 e. The summed E-state index contributed by atoms with van der Waals surface area (Å²) in [5.74, 6) is 1.67. The van der Waals surface area contributed by atoms with Crippen LogP contribution in [0.25, 0.3) is 5.65 Å². The van der Waals surface area contributed by atoms with Gasteiger partial charge in [0, 0.05) is 31.1 Å². The Bertz CT molecular complexity index is 1030. The predicted octanol–water partition coefficient (Wildman–Crippen LogP) is 2.65. The number of ether oxygens (including phenoxy) is 2. The molecule has 1 aromatic carbocycles. The average molecular weight is 417 g/mol. The van der Waals surface area contributed by atoms with E-state index in [1.54, 1.807) is 23.0 Å². The molecular weight excluding hydrogens is 396 g/mol. The van der Waals surface area contributed by atoms with Crippen LogP contribution >= 0.6 is 11.6 Å². The van der Waals surface area contributed by atoms with Crippen molar-refractivity contribution >= 4 is 34.7 Å². The maximum absolute atomic E-state index is 12.8. The minimum absolute atomic E-state index is 0.0467. The first-order valence-corrected chi connectivity index (χ1v) is 9.61. The molecule has 3 aromatic rings. The summed E-state index contributed by atoms with van der Waals surface area (Å²) in [6.45, 7) is 1.47. The summed E-state index contributed by atoms with van der Waals surface area (Å²) in [5, 5.41) is 15.7. The zero-order valence-electron chi connectivity index (χ0n) is 16.1. The van der Waals surface area contributed by atoms with Crippen molar-refractivity contribution in [3.05, 3.63) is 35.6 Å². The lowest BCUT2D eigenvalue weighted by atomic mass is 9.95. The Labute approximate surface area is 172 Å². The van der Waals surface area contributed by atoms with Crippen LogP contribution in [0.15, 0.2) is 30.6 Å². The lowest BCUT2D eigenvalue weighted by Crippen LogP contribution is -2.38. The Morgan fingerprint density at radius 3 is 2.66 bits per heavy atom. The van der Waals surface area contributed by atoms with Gasteiger partial charge in [-0.05, 0) is 25.0 Å². The number of nitrogens with one attached hydrogen (secondary N) is 1. The minimum Gasteiger partial charge on any atom is -0.495 e. The molecule has 0 unspecified atom stereocenters. The van der Waals surface area contributed by atoms with Crippen LogP contribution in [0, 0.1) is 5.92 Å². The molecule has 0 aliphatic carbocycles. The molecule has 0 atom stereocenters. The fourth-order valence-corrected chi connectivity index (χ4v) is 3.68. The van der Waals surface area contributed by atoms with Crippen molar-refractivity contribution in [2.24, 2.45) is 5.92 Å². The summed E-state index contributed by atoms with van der Waals surface area (Å²) in [5.41, 5.74) is 1.25. The predicted molar refractivity (Wildman–Crippen MR) is 109 cm³/mol. The largest absolute Gasteiger partial charge is 0.495 e. The summed E-state index contributed by atoms with van der Waals surface area (Å²) in [7, 11) is 3.06. The van der Waals surface area contributed by atoms with E-state index < -0.39 is 0 Å². The summed E-state index contributed by atoms with van der Waals surface area (Å²) < 4.78 is 12.2. The van der Waals surface area contributed by atoms with E-state index in [4.69, 9.17) is 21.1 Å². The van der Waals surface area contributed by atoms with Gasteiger partial charge in [0.25, 0.3) is 0 Å². The Morgan fingerprint density at radius 2 is 1.93 bits per heavy atom. The first-order valence-electron chi connectivity index (χ1n) is 9.23. The number of hydrogen-bond donors (Lipinski definition) is 1. The normalized spacial score (nSPS) is 14.8. The number of hydrogen-bond acceptors (Lipinski definition) is 7. The molecule has 3 heterocycles. The average Bonchev–Trinajstić information content (AvgIpc) is 3.22. The third-order valence-corrected chi connectivity index (χ3v) is 5.36. The van der Waals surface area contributed by atoms with Gasteiger partial charge in [-0.3, -0.25) is 4.79 Å². The Kier molecular flexibility index (Phi) is 5.39. The Hall–Kier alpha value is -3.07. The number of carbonyl (C=O) groups is 1. The molecule has 0 radical (unpaired) electrons. The van der Waals surface area contributed by atoms with Crippen molar-refractivity contribution in [1.82, 2.24) is 19.8 Å². The molecular formula is C19H21ClN6O3. The number of piperidine rings is 1. The summed E-state index contributed by atoms with van der Waals surface area (Å²) in [4.78, 5) is 15.0. The van der Waals surface area contributed by atoms with Crippen molar-refractivity contribution in [3.8, 4) is 11.5 Å². The quantitative estimate of drug-likeness (QED) is 0.683. The number of aromatic nitrogens is 4. The van der Waals surface area contributed by atoms with Crippen LogP contribution in [0.1, 0.15) is 12.8 Å². The highest BCUT2D eigenvalue weighted by Crippen LogP contribution is 2.36. The van der Waals surface area contributed by atoms with Crippen molar-refractivity contribution in [1.29, 1.82) is 0 Å². The maximum atomic E-state index is 12.8. The van der Waals surface area contributed by atoms with E-state index in [0.717, 1.165) is 31.7 Å². The monoisotopic (exact) mass is 416 g/mol. The second-order valence-electron chi connectivity index (χ2n) is 6.76. The summed E-state index contributed by atoms with van der Waals surface area (Å²) in [6.07, 6.45) is 3.02. The van der Waals surface area contributed by atoms with Gasteiger partial charge < -0.3 is 19.7 Å². The fourth-order valence-electron chi connectivity index (χ4n) is 3.45. The topological polar surface area (TPSA) is 93.9 Å². The number of fused-ring (bicyclic) bond motifs is 1. The van der Waals surface area contributed by atoms with Crippen LogP contribution in [-0.4, -0.2) is 53.0 Å². The van der Waals surface area contributed by atoms with Crippen LogP contribution in [0.5, 0.6) is 11.5 Å². The molecule has 0 spiro atoms. The molecule has 2 aromatic heterocycles. The van der Waals surface area contributed by atoms with E-state index in [2.05, 4.69) is 25.5 Å². The molecule has 1 amide bonds. The van der Waals surface area contributed by atoms with E-state index in [1.807, 2.05) is 12.1 Å². The van der Waals surface area contributed by atoms with Crippen molar-refractivity contribution in [2.45, 2.75) is 12.8 Å². The van der Waals surface area contributed by atoms with E-state index in [1.165, 1.54) is 14.2 Å². The number of nitrogens with zero attached hydrogens (tertiary/aromatic N) is 5. The number of rotatable bonds is 5. The number of halogens is 1. The number of anilines is 2. The second kappa shape index (κ2) is 8.12. The van der Waals surface area contributed by atoms with Crippen molar-refractivity contribution in [3.63, 3.8) is 0 Å². The molecule has 0 bridgehead atoms. The van der Waals surface area contributed by atoms with Crippen LogP contribution in [0.4, 0.5) is 11.5 Å². The second-order valence-corrected chi connectivity index (χ2v) is 7.17. The molecule has 1 aliphatic rings. The van der Waals surface area contributed by atoms with Gasteiger partial charge in [-0.1, -0.05) is 11.6 Å². The minimum atomic E-state index is -0.101. The molecule has 9 nitrogen and oxygen atoms in total. The lowest BCUT2D eigenvalue weighted by molar-refractivity contribution is -0.120. The van der Waals surface area contributed by atoms with Gasteiger partial charge in [-0.25, -0.2) is 0 Å². The molecule has 1 fully saturated rings. The van der Waals surface area contributed by atoms with Gasteiger partial charge in [-0.2, -0.15) is 4.52 Å². The van der Waals surface area contributed by atoms with Crippen molar-refractivity contribution in [2.75, 3.05) is 37.5 Å². The highest BCUT2D eigenvalue weighted by atomic mass is 35.5. The van der Waals surface area contributed by atoms with E-state index >= 15 is 0 Å². The number of amides is 1. The summed E-state index contributed by atoms with van der Waals surface area (Å²) in [6, 6.07) is 7.11. The first-order chi connectivity index (χ1) is 14.1. The highest BCUT2D eigenvalue weighted by Gasteiger charge is 2.27. The van der Waals surface area contributed by atoms with E-state index in [-0.39, 0.29) is 11.8 Å². The molecule has 10 heteroatoms. The Balaban J connectivity index is 1.41. The molecule has 29 heavy (non-hydrogen) atoms. The van der Waals surface area contributed by atoms with E-state index in [9.17, 15) is 4.79 Å². The van der Waals surface area contributed by atoms with Gasteiger partial charge in [0.15, 0.2) is 5.65 Å². The number of benzene rings is 1. The molecule has 0 saturated carbocycles. The molecule has 1 aliphatic heterocycles. The van der Waals surface area contributed by atoms with Gasteiger partial charge in [0.1, 0.15) is 23.6 Å². The Morgan fingerprint density at radius 1 is 1.17 bits per heavy atom. The molecule has 1 N–H and O–H groups in total. The van der Waals surface area contributed by atoms with Crippen LogP contribution in [-0.2, 0) is 4.79 Å². The first kappa shape index (κ1) is 19.3. The summed E-state index contributed by atoms with van der Waals surface area (Å²) >= 11 is 6.13. The third kappa shape index (κ3) is 3.91. The van der Waals surface area contributed by atoms with Gasteiger partial charge in [0.2, 0.25) is 5.91 Å². The number of carbonyl (C=O) groups excluding carboxylic acids is 1. The standard InChI is InChI=1S/C19H21ClN6O3/c1-28-15-10-14(16(29-2)9-13(15)20)22-19(27)12-5-7-25(8-6-12)18-4-3-17-23-21-11-26(17)24-18/h3-4,9-12H,5-8H2,1-2H3,(H,22,27). The SMILES string of the molecule is COc1cc(NC(=O)C2CCN(c3ccc4nncn4n3)CC2)c(OC)cc1Cl. The maximum Gasteiger partial charge on any atom is 0.227 e. The number of methoxy groups -OCH3 is 2. The van der Waals surface area contributed by atoms with Gasteiger partial charge in [-0.15, -0.1) is 15.3 Å². The van der Waals surface area contributed by atoms with E-state index in [0.29, 0.717) is 27.9 Å². The molecule has 1 saturated heterocycles. The molecule has 152 valence electrons. The van der Waals surface area contributed by atoms with Crippen LogP contribution < -0.4 is 19.7 Å². The third-order valence-electron chi connectivity index (χ3n) is 5.07. The van der Waals surface area contributed by atoms with Gasteiger partial charge >= 0.3 is 0 Å². The van der Waals surface area contributed by atoms with Crippen LogP contribution in [0.2, 0.25) is 5.02 Å². The fraction of sp³-hybridized carbons (Fsp3) is 0.368. The zero-order chi connectivity index (χ0) is 20.4. The highest BCUT2D eigenvalue weighted by molar-refractivity contribution is 6.32. The van der Waals surface area contributed by atoms with Crippen molar-refractivity contribution < 1.29 is 14.3 Å². The lowest BCUT2D eigenvalue weighted by Gasteiger charge is -2.32.